The summed E-state index contributed by atoms with van der Waals surface area (Å²) in [5.41, 5.74) is 8.35. The summed E-state index contributed by atoms with van der Waals surface area (Å²) < 4.78 is 6.34. The molecule has 1 aliphatic carbocycles. The molecule has 4 nitrogen and oxygen atoms in total. The van der Waals surface area contributed by atoms with Crippen LogP contribution < -0.4 is 21.0 Å². The van der Waals surface area contributed by atoms with Crippen LogP contribution in [0.2, 0.25) is 6.55 Å². The molecule has 10 rings (SSSR count). The lowest BCUT2D eigenvalue weighted by atomic mass is 9.80. The van der Waals surface area contributed by atoms with Crippen molar-refractivity contribution >= 4 is 57.7 Å². The molecule has 238 valence electrons. The smallest absolute Gasteiger partial charge is 0.136 e. The molecular formula is C44H37N3OSi. The standard InChI is InChI=1S/C44H37N3OSi/c1-49-39-18-7-5-15-35(39)41-36(16-9-19-40(41)49)44-46-42(31-13-8-12-29(25-31)30-21-20-27-10-2-3-11-28(27)24-30)45-43(47-44)32-22-23-34-33-14-4-6-17-37(33)48-38(34)26-32/h2-12,14-24,26,29,31,42,44,46,49H,13,25H2,1H3,(H,45,47). The first kappa shape index (κ1) is 28.8. The number of nitrogens with zero attached hydrogens (tertiary/aromatic N) is 1. The SMILES string of the molecule is C[SiH]1c2ccccc2-c2c(C3NC(c4ccc5c(c4)oc4ccccc45)=NC(C4CC=CC(c5ccc6ccccc6c5)C4)N3)cccc21. The number of fused-ring (bicyclic) bond motifs is 7. The summed E-state index contributed by atoms with van der Waals surface area (Å²) in [6, 6.07) is 46.4. The van der Waals surface area contributed by atoms with Crippen molar-refractivity contribution < 1.29 is 4.42 Å². The van der Waals surface area contributed by atoms with Crippen LogP contribution in [0.4, 0.5) is 0 Å². The summed E-state index contributed by atoms with van der Waals surface area (Å²) in [6.45, 7) is 2.47. The average Bonchev–Trinajstić information content (AvgIpc) is 3.69. The molecule has 1 aromatic heterocycles. The number of nitrogens with one attached hydrogen (secondary N) is 2. The Balaban J connectivity index is 1.05. The Morgan fingerprint density at radius 3 is 2.51 bits per heavy atom. The Hall–Kier alpha value is -5.23. The Morgan fingerprint density at radius 2 is 1.55 bits per heavy atom. The van der Waals surface area contributed by atoms with Crippen molar-refractivity contribution in [3.8, 4) is 11.1 Å². The number of rotatable bonds is 4. The quantitative estimate of drug-likeness (QED) is 0.148. The van der Waals surface area contributed by atoms with E-state index in [1.807, 2.05) is 12.1 Å². The molecule has 0 fully saturated rings. The van der Waals surface area contributed by atoms with Crippen molar-refractivity contribution in [2.45, 2.75) is 37.6 Å². The fraction of sp³-hybridized carbons (Fsp3) is 0.159. The molecule has 2 aliphatic heterocycles. The molecule has 49 heavy (non-hydrogen) atoms. The molecule has 3 heterocycles. The Morgan fingerprint density at radius 1 is 0.735 bits per heavy atom. The largest absolute Gasteiger partial charge is 0.456 e. The van der Waals surface area contributed by atoms with Crippen LogP contribution in [0, 0.1) is 5.92 Å². The van der Waals surface area contributed by atoms with E-state index in [1.165, 1.54) is 43.4 Å². The maximum Gasteiger partial charge on any atom is 0.136 e. The topological polar surface area (TPSA) is 49.6 Å². The van der Waals surface area contributed by atoms with E-state index in [0.717, 1.165) is 46.2 Å². The fourth-order valence-electron chi connectivity index (χ4n) is 8.64. The van der Waals surface area contributed by atoms with Crippen molar-refractivity contribution in [1.82, 2.24) is 10.6 Å². The number of furan rings is 1. The molecular weight excluding hydrogens is 615 g/mol. The second kappa shape index (κ2) is 11.4. The highest BCUT2D eigenvalue weighted by Gasteiger charge is 2.36. The van der Waals surface area contributed by atoms with Crippen LogP contribution in [0.1, 0.15) is 41.6 Å². The summed E-state index contributed by atoms with van der Waals surface area (Å²) in [7, 11) is -1.26. The molecule has 5 unspecified atom stereocenters. The molecule has 5 heteroatoms. The van der Waals surface area contributed by atoms with Gasteiger partial charge in [-0.3, -0.25) is 5.32 Å². The van der Waals surface area contributed by atoms with Gasteiger partial charge in [0.2, 0.25) is 0 Å². The number of hydrogen-bond donors (Lipinski definition) is 2. The van der Waals surface area contributed by atoms with Gasteiger partial charge >= 0.3 is 0 Å². The zero-order chi connectivity index (χ0) is 32.5. The van der Waals surface area contributed by atoms with Crippen molar-refractivity contribution in [2.24, 2.45) is 10.9 Å². The van der Waals surface area contributed by atoms with Crippen LogP contribution in [0.3, 0.4) is 0 Å². The molecule has 0 bridgehead atoms. The molecule has 6 aromatic carbocycles. The fourth-order valence-corrected chi connectivity index (χ4v) is 11.2. The van der Waals surface area contributed by atoms with E-state index in [4.69, 9.17) is 9.41 Å². The minimum Gasteiger partial charge on any atom is -0.456 e. The predicted molar refractivity (Wildman–Crippen MR) is 206 cm³/mol. The lowest BCUT2D eigenvalue weighted by molar-refractivity contribution is 0.279. The second-order valence-electron chi connectivity index (χ2n) is 14.0. The minimum absolute atomic E-state index is 0.0531. The van der Waals surface area contributed by atoms with Crippen LogP contribution >= 0.6 is 0 Å². The highest BCUT2D eigenvalue weighted by atomic mass is 28.3. The molecule has 3 aliphatic rings. The van der Waals surface area contributed by atoms with E-state index in [0.29, 0.717) is 11.8 Å². The first-order valence-electron chi connectivity index (χ1n) is 17.6. The maximum atomic E-state index is 6.34. The normalized spacial score (nSPS) is 23.0. The molecule has 2 N–H and O–H groups in total. The van der Waals surface area contributed by atoms with Gasteiger partial charge in [-0.15, -0.1) is 0 Å². The molecule has 0 spiro atoms. The van der Waals surface area contributed by atoms with Gasteiger partial charge in [0.25, 0.3) is 0 Å². The van der Waals surface area contributed by atoms with Gasteiger partial charge in [0.1, 0.15) is 38.1 Å². The lowest BCUT2D eigenvalue weighted by Gasteiger charge is -2.38. The van der Waals surface area contributed by atoms with E-state index in [1.54, 1.807) is 0 Å². The number of aliphatic imine (C=N–C) groups is 1. The minimum atomic E-state index is -1.26. The van der Waals surface area contributed by atoms with E-state index in [-0.39, 0.29) is 12.3 Å². The van der Waals surface area contributed by atoms with Crippen LogP contribution in [-0.2, 0) is 0 Å². The van der Waals surface area contributed by atoms with Crippen LogP contribution in [0.15, 0.2) is 149 Å². The van der Waals surface area contributed by atoms with E-state index in [9.17, 15) is 0 Å². The summed E-state index contributed by atoms with van der Waals surface area (Å²) >= 11 is 0. The highest BCUT2D eigenvalue weighted by Crippen LogP contribution is 2.38. The van der Waals surface area contributed by atoms with Gasteiger partial charge in [-0.05, 0) is 75.2 Å². The van der Waals surface area contributed by atoms with Gasteiger partial charge in [-0.1, -0.05) is 133 Å². The Kier molecular flexibility index (Phi) is 6.71. The van der Waals surface area contributed by atoms with Gasteiger partial charge in [-0.2, -0.15) is 0 Å². The third kappa shape index (κ3) is 4.79. The third-order valence-corrected chi connectivity index (χ3v) is 14.0. The number of benzene rings is 6. The molecule has 7 aromatic rings. The summed E-state index contributed by atoms with van der Waals surface area (Å²) in [4.78, 5) is 5.47. The summed E-state index contributed by atoms with van der Waals surface area (Å²) in [6.07, 6.45) is 6.68. The van der Waals surface area contributed by atoms with Crippen molar-refractivity contribution in [3.63, 3.8) is 0 Å². The van der Waals surface area contributed by atoms with E-state index >= 15 is 0 Å². The Bertz CT molecular complexity index is 2480. The summed E-state index contributed by atoms with van der Waals surface area (Å²) in [5.74, 6) is 1.61. The molecule has 0 radical (unpaired) electrons. The Labute approximate surface area is 287 Å². The van der Waals surface area contributed by atoms with E-state index in [2.05, 4.69) is 145 Å². The molecule has 5 atom stereocenters. The van der Waals surface area contributed by atoms with Gasteiger partial charge < -0.3 is 9.73 Å². The zero-order valence-electron chi connectivity index (χ0n) is 27.4. The zero-order valence-corrected chi connectivity index (χ0v) is 28.6. The third-order valence-electron chi connectivity index (χ3n) is 11.2. The van der Waals surface area contributed by atoms with Crippen LogP contribution in [0.25, 0.3) is 43.8 Å². The maximum absolute atomic E-state index is 6.34. The first-order valence-corrected chi connectivity index (χ1v) is 19.9. The van der Waals surface area contributed by atoms with Crippen molar-refractivity contribution in [1.29, 1.82) is 0 Å². The van der Waals surface area contributed by atoms with Crippen LogP contribution in [-0.4, -0.2) is 20.8 Å². The van der Waals surface area contributed by atoms with Crippen molar-refractivity contribution in [3.05, 3.63) is 156 Å². The number of allylic oxidation sites excluding steroid dienone is 2. The number of hydrogen-bond acceptors (Lipinski definition) is 4. The first-order chi connectivity index (χ1) is 24.2. The predicted octanol–water partition coefficient (Wildman–Crippen LogP) is 8.41. The van der Waals surface area contributed by atoms with Crippen molar-refractivity contribution in [2.75, 3.05) is 0 Å². The number of amidine groups is 1. The van der Waals surface area contributed by atoms with Gasteiger partial charge in [-0.25, -0.2) is 4.99 Å². The molecule has 0 saturated heterocycles. The van der Waals surface area contributed by atoms with Gasteiger partial charge in [0.05, 0.1) is 0 Å². The average molecular weight is 652 g/mol. The van der Waals surface area contributed by atoms with Gasteiger partial charge in [0.15, 0.2) is 0 Å². The molecule has 0 amide bonds. The van der Waals surface area contributed by atoms with Crippen LogP contribution in [0.5, 0.6) is 0 Å². The molecule has 0 saturated carbocycles. The lowest BCUT2D eigenvalue weighted by Crippen LogP contribution is -2.51. The number of para-hydroxylation sites is 1. The summed E-state index contributed by atoms with van der Waals surface area (Å²) in [5, 5.41) is 15.9. The monoisotopic (exact) mass is 651 g/mol. The second-order valence-corrected chi connectivity index (χ2v) is 16.7. The van der Waals surface area contributed by atoms with Gasteiger partial charge in [0, 0.05) is 22.3 Å². The highest BCUT2D eigenvalue weighted by molar-refractivity contribution is 6.88. The van der Waals surface area contributed by atoms with E-state index < -0.39 is 8.80 Å².